The van der Waals surface area contributed by atoms with Crippen LogP contribution in [0, 0.1) is 0 Å². The Morgan fingerprint density at radius 2 is 0.548 bits per heavy atom. The van der Waals surface area contributed by atoms with Crippen LogP contribution in [0.15, 0.2) is 97.1 Å². The van der Waals surface area contributed by atoms with Crippen LogP contribution >= 0.6 is 0 Å². The van der Waals surface area contributed by atoms with E-state index in [0.717, 1.165) is 0 Å². The normalized spacial score (nSPS) is 30.5. The Labute approximate surface area is 182 Å². The highest BCUT2D eigenvalue weighted by atomic mass is 16.5. The Morgan fingerprint density at radius 3 is 0.806 bits per heavy atom. The molecule has 5 aliphatic rings. The maximum absolute atomic E-state index is 7.22. The van der Waals surface area contributed by atoms with Gasteiger partial charge in [0.15, 0.2) is 0 Å². The summed E-state index contributed by atoms with van der Waals surface area (Å²) >= 11 is 0. The van der Waals surface area contributed by atoms with Crippen molar-refractivity contribution in [3.05, 3.63) is 142 Å². The number of hydrogen-bond acceptors (Lipinski definition) is 1. The number of rotatable bonds is 0. The maximum Gasteiger partial charge on any atom is 0.109 e. The van der Waals surface area contributed by atoms with Gasteiger partial charge in [-0.05, 0) is 68.2 Å². The molecule has 2 heterocycles. The third kappa shape index (κ3) is 1.92. The van der Waals surface area contributed by atoms with E-state index in [1.807, 2.05) is 0 Å². The predicted molar refractivity (Wildman–Crippen MR) is 122 cm³/mol. The molecule has 3 aliphatic carbocycles. The lowest BCUT2D eigenvalue weighted by Crippen LogP contribution is -2.40. The molecule has 31 heavy (non-hydrogen) atoms. The molecule has 0 spiro atoms. The SMILES string of the molecule is c1ccc2c(c1)C1OC3c4ccccc4C4C2C(c2ccccc21)C4c1ccccc13. The fraction of sp³-hybridized carbons (Fsp3) is 0.200. The summed E-state index contributed by atoms with van der Waals surface area (Å²) in [7, 11) is 0. The van der Waals surface area contributed by atoms with Crippen molar-refractivity contribution in [3.63, 3.8) is 0 Å². The average Bonchev–Trinajstić information content (AvgIpc) is 2.92. The van der Waals surface area contributed by atoms with Gasteiger partial charge in [0, 0.05) is 0 Å². The van der Waals surface area contributed by atoms with Gasteiger partial charge in [-0.2, -0.15) is 0 Å². The van der Waals surface area contributed by atoms with Gasteiger partial charge in [0.25, 0.3) is 0 Å². The second kappa shape index (κ2) is 5.75. The average molecular weight is 399 g/mol. The van der Waals surface area contributed by atoms with Gasteiger partial charge in [-0.15, -0.1) is 0 Å². The maximum atomic E-state index is 7.22. The van der Waals surface area contributed by atoms with Gasteiger partial charge in [-0.3, -0.25) is 0 Å². The summed E-state index contributed by atoms with van der Waals surface area (Å²) in [5.74, 6) is 1.95. The van der Waals surface area contributed by atoms with Crippen LogP contribution in [-0.4, -0.2) is 0 Å². The molecule has 9 rings (SSSR count). The molecule has 0 atom stereocenters. The van der Waals surface area contributed by atoms with Crippen molar-refractivity contribution in [2.75, 3.05) is 0 Å². The molecular weight excluding hydrogens is 376 g/mol. The van der Waals surface area contributed by atoms with Crippen molar-refractivity contribution in [2.24, 2.45) is 0 Å². The van der Waals surface area contributed by atoms with E-state index in [4.69, 9.17) is 4.74 Å². The Morgan fingerprint density at radius 1 is 0.323 bits per heavy atom. The highest BCUT2D eigenvalue weighted by Gasteiger charge is 2.59. The van der Waals surface area contributed by atoms with E-state index in [1.165, 1.54) is 44.5 Å². The molecule has 0 radical (unpaired) electrons. The molecule has 1 nitrogen and oxygen atoms in total. The van der Waals surface area contributed by atoms with Gasteiger partial charge in [0.2, 0.25) is 0 Å². The fourth-order valence-electron chi connectivity index (χ4n) is 7.27. The molecule has 1 heteroatoms. The summed E-state index contributed by atoms with van der Waals surface area (Å²) in [4.78, 5) is 0. The topological polar surface area (TPSA) is 9.23 Å². The van der Waals surface area contributed by atoms with Crippen LogP contribution < -0.4 is 0 Å². The van der Waals surface area contributed by atoms with Crippen molar-refractivity contribution >= 4 is 0 Å². The summed E-state index contributed by atoms with van der Waals surface area (Å²) in [6.45, 7) is 0. The van der Waals surface area contributed by atoms with Crippen LogP contribution in [0.2, 0.25) is 0 Å². The second-order valence-electron chi connectivity index (χ2n) is 9.51. The predicted octanol–water partition coefficient (Wildman–Crippen LogP) is 6.97. The van der Waals surface area contributed by atoms with E-state index in [1.54, 1.807) is 0 Å². The quantitative estimate of drug-likeness (QED) is 0.311. The highest BCUT2D eigenvalue weighted by molar-refractivity contribution is 5.61. The largest absolute Gasteiger partial charge is 0.356 e. The summed E-state index contributed by atoms with van der Waals surface area (Å²) in [6, 6.07) is 36.3. The molecule has 4 aromatic rings. The molecule has 148 valence electrons. The summed E-state index contributed by atoms with van der Waals surface area (Å²) in [5.41, 5.74) is 11.4. The molecule has 0 amide bonds. The Bertz CT molecular complexity index is 1150. The van der Waals surface area contributed by atoms with Gasteiger partial charge in [-0.25, -0.2) is 0 Å². The summed E-state index contributed by atoms with van der Waals surface area (Å²) < 4.78 is 7.22. The van der Waals surface area contributed by atoms with Crippen LogP contribution in [0.3, 0.4) is 0 Å². The number of hydrogen-bond donors (Lipinski definition) is 0. The second-order valence-corrected chi connectivity index (χ2v) is 9.51. The molecule has 0 N–H and O–H groups in total. The van der Waals surface area contributed by atoms with Gasteiger partial charge < -0.3 is 4.74 Å². The van der Waals surface area contributed by atoms with E-state index >= 15 is 0 Å². The Hall–Kier alpha value is -3.16. The van der Waals surface area contributed by atoms with Crippen LogP contribution in [-0.2, 0) is 4.74 Å². The minimum Gasteiger partial charge on any atom is -0.356 e. The first-order valence-electron chi connectivity index (χ1n) is 11.4. The lowest BCUT2D eigenvalue weighted by molar-refractivity contribution is 0.0306. The van der Waals surface area contributed by atoms with Crippen molar-refractivity contribution in [1.29, 1.82) is 0 Å². The Balaban J connectivity index is 1.56. The molecule has 0 saturated heterocycles. The molecular formula is C30H22O. The zero-order valence-corrected chi connectivity index (χ0v) is 17.1. The minimum absolute atomic E-state index is 0.0402. The molecule has 4 aromatic carbocycles. The highest BCUT2D eigenvalue weighted by Crippen LogP contribution is 2.72. The van der Waals surface area contributed by atoms with Crippen LogP contribution in [0.1, 0.15) is 80.4 Å². The lowest BCUT2D eigenvalue weighted by atomic mass is 9.49. The van der Waals surface area contributed by atoms with E-state index < -0.39 is 0 Å². The number of ether oxygens (including phenoxy) is 1. The zero-order chi connectivity index (χ0) is 20.1. The smallest absolute Gasteiger partial charge is 0.109 e. The fourth-order valence-corrected chi connectivity index (χ4v) is 7.27. The van der Waals surface area contributed by atoms with Gasteiger partial charge in [-0.1, -0.05) is 97.1 Å². The molecule has 0 unspecified atom stereocenters. The first kappa shape index (κ1) is 16.5. The van der Waals surface area contributed by atoms with Crippen LogP contribution in [0.4, 0.5) is 0 Å². The van der Waals surface area contributed by atoms with E-state index in [2.05, 4.69) is 97.1 Å². The van der Waals surface area contributed by atoms with Crippen molar-refractivity contribution in [3.8, 4) is 0 Å². The van der Waals surface area contributed by atoms with Crippen LogP contribution in [0.5, 0.6) is 0 Å². The molecule has 1 saturated carbocycles. The lowest BCUT2D eigenvalue weighted by Gasteiger charge is -2.53. The molecule has 1 fully saturated rings. The summed E-state index contributed by atoms with van der Waals surface area (Å²) in [6.07, 6.45) is -0.0803. The third-order valence-electron chi connectivity index (χ3n) is 8.37. The minimum atomic E-state index is -0.0402. The van der Waals surface area contributed by atoms with Crippen molar-refractivity contribution in [1.82, 2.24) is 0 Å². The molecule has 0 aromatic heterocycles. The first-order valence-corrected chi connectivity index (χ1v) is 11.4. The monoisotopic (exact) mass is 398 g/mol. The van der Waals surface area contributed by atoms with Gasteiger partial charge >= 0.3 is 0 Å². The van der Waals surface area contributed by atoms with E-state index in [0.29, 0.717) is 23.7 Å². The molecule has 6 bridgehead atoms. The number of benzene rings is 4. The standard InChI is InChI=1S/C30H22O/c1-5-13-21-17(9-1)25-26-18-10-2-6-14-22(18)29(21)31-30-23-15-7-3-11-19(23)27(25)28(26)20-12-4-8-16-24(20)30/h1-16,25-30H. The van der Waals surface area contributed by atoms with E-state index in [-0.39, 0.29) is 12.2 Å². The van der Waals surface area contributed by atoms with Gasteiger partial charge in [0.05, 0.1) is 0 Å². The summed E-state index contributed by atoms with van der Waals surface area (Å²) in [5, 5.41) is 0. The van der Waals surface area contributed by atoms with Gasteiger partial charge in [0.1, 0.15) is 12.2 Å². The Kier molecular flexibility index (Phi) is 3.06. The third-order valence-corrected chi connectivity index (χ3v) is 8.37. The first-order chi connectivity index (χ1) is 15.4. The molecule has 2 aliphatic heterocycles. The van der Waals surface area contributed by atoms with Crippen molar-refractivity contribution in [2.45, 2.75) is 35.9 Å². The zero-order valence-electron chi connectivity index (χ0n) is 17.1. The van der Waals surface area contributed by atoms with Crippen LogP contribution in [0.25, 0.3) is 0 Å². The van der Waals surface area contributed by atoms with E-state index in [9.17, 15) is 0 Å². The van der Waals surface area contributed by atoms with Crippen molar-refractivity contribution < 1.29 is 4.74 Å².